The quantitative estimate of drug-likeness (QED) is 0.388. The van der Waals surface area contributed by atoms with Crippen molar-refractivity contribution in [3.8, 4) is 0 Å². The maximum absolute atomic E-state index is 13.5. The van der Waals surface area contributed by atoms with Gasteiger partial charge in [0.2, 0.25) is 5.91 Å². The average Bonchev–Trinajstić information content (AvgIpc) is 3.54. The van der Waals surface area contributed by atoms with E-state index < -0.39 is 11.2 Å². The van der Waals surface area contributed by atoms with Crippen LogP contribution in [0.15, 0.2) is 68.6 Å². The number of hydrogen-bond donors (Lipinski definition) is 2. The van der Waals surface area contributed by atoms with E-state index in [0.29, 0.717) is 23.6 Å². The zero-order valence-corrected chi connectivity index (χ0v) is 19.7. The van der Waals surface area contributed by atoms with Gasteiger partial charge >= 0.3 is 5.69 Å². The maximum Gasteiger partial charge on any atom is 0.330 e. The molecule has 0 aliphatic carbocycles. The van der Waals surface area contributed by atoms with Gasteiger partial charge in [-0.2, -0.15) is 0 Å². The fourth-order valence-electron chi connectivity index (χ4n) is 4.45. The van der Waals surface area contributed by atoms with Gasteiger partial charge in [-0.05, 0) is 30.5 Å². The predicted molar refractivity (Wildman–Crippen MR) is 135 cm³/mol. The minimum Gasteiger partial charge on any atom is -0.441 e. The number of anilines is 2. The number of carbonyl (C=O) groups is 1. The first kappa shape index (κ1) is 23.6. The summed E-state index contributed by atoms with van der Waals surface area (Å²) in [6, 6.07) is 16.6. The number of aromatic nitrogens is 3. The number of ether oxygens (including phenoxy) is 1. The van der Waals surface area contributed by atoms with Crippen LogP contribution in [0.5, 0.6) is 0 Å². The van der Waals surface area contributed by atoms with Crippen molar-refractivity contribution < 1.29 is 13.9 Å². The molecule has 0 unspecified atom stereocenters. The molecule has 2 aromatic carbocycles. The van der Waals surface area contributed by atoms with Crippen LogP contribution in [0, 0.1) is 0 Å². The predicted octanol–water partition coefficient (Wildman–Crippen LogP) is 2.45. The number of benzene rings is 2. The molecule has 0 bridgehead atoms. The smallest absolute Gasteiger partial charge is 0.330 e. The first-order valence-electron chi connectivity index (χ1n) is 11.9. The minimum absolute atomic E-state index is 0.0379. The van der Waals surface area contributed by atoms with E-state index in [2.05, 4.69) is 9.97 Å². The average molecular weight is 490 g/mol. The highest BCUT2D eigenvalue weighted by Crippen LogP contribution is 2.23. The number of nitrogens with two attached hydrogens (primary N) is 1. The van der Waals surface area contributed by atoms with Crippen LogP contribution in [0.1, 0.15) is 30.7 Å². The standard InChI is InChI=1S/C26H27N5O5/c27-24-23(25(33)29-26(34)31(24)15-17-7-2-1-3-8-17)30(16-18-9-6-14-35-18)22(32)13-12-21-28-19-10-4-5-11-20(19)36-21/h1-5,7-8,10-11,18H,6,9,12-16,27H2,(H,29,33,34)/t18-/m0/s1. The number of aryl methyl sites for hydroxylation is 1. The summed E-state index contributed by atoms with van der Waals surface area (Å²) in [5, 5.41) is 0. The molecule has 1 fully saturated rings. The van der Waals surface area contributed by atoms with Crippen LogP contribution in [0.4, 0.5) is 11.5 Å². The van der Waals surface area contributed by atoms with Crippen LogP contribution < -0.4 is 21.9 Å². The van der Waals surface area contributed by atoms with E-state index >= 15 is 0 Å². The van der Waals surface area contributed by atoms with Gasteiger partial charge in [-0.1, -0.05) is 42.5 Å². The van der Waals surface area contributed by atoms with Crippen molar-refractivity contribution >= 4 is 28.5 Å². The molecule has 2 aromatic heterocycles. The first-order chi connectivity index (χ1) is 17.5. The Labute approximate surface area is 206 Å². The monoisotopic (exact) mass is 489 g/mol. The molecule has 1 aliphatic rings. The lowest BCUT2D eigenvalue weighted by atomic mass is 10.2. The van der Waals surface area contributed by atoms with Crippen molar-refractivity contribution in [1.29, 1.82) is 0 Å². The maximum atomic E-state index is 13.5. The molecule has 0 saturated carbocycles. The first-order valence-corrected chi connectivity index (χ1v) is 11.9. The summed E-state index contributed by atoms with van der Waals surface area (Å²) in [7, 11) is 0. The minimum atomic E-state index is -0.713. The van der Waals surface area contributed by atoms with Gasteiger partial charge in [0.15, 0.2) is 17.2 Å². The number of nitrogens with zero attached hydrogens (tertiary/aromatic N) is 3. The molecule has 3 N–H and O–H groups in total. The van der Waals surface area contributed by atoms with Crippen LogP contribution in [0.3, 0.4) is 0 Å². The molecule has 1 aliphatic heterocycles. The highest BCUT2D eigenvalue weighted by molar-refractivity contribution is 5.95. The Kier molecular flexibility index (Phi) is 6.68. The number of rotatable bonds is 8. The summed E-state index contributed by atoms with van der Waals surface area (Å²) >= 11 is 0. The van der Waals surface area contributed by atoms with E-state index in [1.807, 2.05) is 54.6 Å². The number of nitrogen functional groups attached to an aromatic ring is 1. The summed E-state index contributed by atoms with van der Waals surface area (Å²) in [6.07, 6.45) is 1.69. The number of aromatic amines is 1. The van der Waals surface area contributed by atoms with Crippen molar-refractivity contribution in [2.24, 2.45) is 0 Å². The Morgan fingerprint density at radius 2 is 1.92 bits per heavy atom. The van der Waals surface area contributed by atoms with Crippen molar-refractivity contribution in [2.75, 3.05) is 23.8 Å². The second-order valence-corrected chi connectivity index (χ2v) is 8.78. The van der Waals surface area contributed by atoms with E-state index in [-0.39, 0.29) is 49.4 Å². The second kappa shape index (κ2) is 10.2. The fourth-order valence-corrected chi connectivity index (χ4v) is 4.45. The van der Waals surface area contributed by atoms with Gasteiger partial charge in [0.05, 0.1) is 19.2 Å². The Hall–Kier alpha value is -4.18. The number of nitrogens with one attached hydrogen (secondary N) is 1. The van der Waals surface area contributed by atoms with Gasteiger partial charge in [-0.25, -0.2) is 9.78 Å². The zero-order valence-electron chi connectivity index (χ0n) is 19.7. The van der Waals surface area contributed by atoms with Gasteiger partial charge in [-0.3, -0.25) is 19.1 Å². The number of hydrogen-bond acceptors (Lipinski definition) is 7. The van der Waals surface area contributed by atoms with Crippen LogP contribution in [0.2, 0.25) is 0 Å². The van der Waals surface area contributed by atoms with Crippen LogP contribution in [-0.2, 0) is 22.5 Å². The third-order valence-electron chi connectivity index (χ3n) is 6.27. The van der Waals surface area contributed by atoms with E-state index in [9.17, 15) is 14.4 Å². The number of carbonyl (C=O) groups excluding carboxylic acids is 1. The summed E-state index contributed by atoms with van der Waals surface area (Å²) in [5.74, 6) is 0.0215. The van der Waals surface area contributed by atoms with Crippen molar-refractivity contribution in [2.45, 2.75) is 38.3 Å². The topological polar surface area (TPSA) is 136 Å². The number of H-pyrrole nitrogens is 1. The highest BCUT2D eigenvalue weighted by atomic mass is 16.5. The number of para-hydroxylation sites is 2. The molecule has 5 rings (SSSR count). The van der Waals surface area contributed by atoms with Gasteiger partial charge in [0, 0.05) is 19.4 Å². The second-order valence-electron chi connectivity index (χ2n) is 8.78. The molecule has 1 atom stereocenters. The lowest BCUT2D eigenvalue weighted by molar-refractivity contribution is -0.119. The van der Waals surface area contributed by atoms with Crippen LogP contribution in [0.25, 0.3) is 11.1 Å². The molecule has 1 amide bonds. The summed E-state index contributed by atoms with van der Waals surface area (Å²) < 4.78 is 12.7. The molecule has 186 valence electrons. The molecule has 0 radical (unpaired) electrons. The van der Waals surface area contributed by atoms with Crippen molar-refractivity contribution in [3.05, 3.63) is 86.9 Å². The zero-order chi connectivity index (χ0) is 25.1. The molecule has 4 aromatic rings. The Balaban J connectivity index is 1.45. The van der Waals surface area contributed by atoms with Gasteiger partial charge in [0.25, 0.3) is 5.56 Å². The number of fused-ring (bicyclic) bond motifs is 1. The fraction of sp³-hybridized carbons (Fsp3) is 0.308. The van der Waals surface area contributed by atoms with E-state index in [0.717, 1.165) is 18.4 Å². The number of amides is 1. The van der Waals surface area contributed by atoms with Crippen LogP contribution >= 0.6 is 0 Å². The third kappa shape index (κ3) is 4.94. The summed E-state index contributed by atoms with van der Waals surface area (Å²) in [6.45, 7) is 0.901. The highest BCUT2D eigenvalue weighted by Gasteiger charge is 2.29. The molecule has 10 nitrogen and oxygen atoms in total. The lowest BCUT2D eigenvalue weighted by Crippen LogP contribution is -2.44. The van der Waals surface area contributed by atoms with E-state index in [1.54, 1.807) is 0 Å². The van der Waals surface area contributed by atoms with Crippen LogP contribution in [-0.4, -0.2) is 39.7 Å². The van der Waals surface area contributed by atoms with E-state index in [1.165, 1.54) is 9.47 Å². The molecular formula is C26H27N5O5. The molecule has 36 heavy (non-hydrogen) atoms. The molecule has 0 spiro atoms. The number of oxazole rings is 1. The van der Waals surface area contributed by atoms with Gasteiger partial charge in [0.1, 0.15) is 11.3 Å². The Bertz CT molecular complexity index is 1450. The van der Waals surface area contributed by atoms with Crippen molar-refractivity contribution in [3.63, 3.8) is 0 Å². The Morgan fingerprint density at radius 3 is 2.67 bits per heavy atom. The Morgan fingerprint density at radius 1 is 1.14 bits per heavy atom. The largest absolute Gasteiger partial charge is 0.441 e. The van der Waals surface area contributed by atoms with Crippen molar-refractivity contribution in [1.82, 2.24) is 14.5 Å². The normalized spacial score (nSPS) is 15.4. The SMILES string of the molecule is Nc1c(N(C[C@@H]2CCCO2)C(=O)CCc2nc3ccccc3o2)c(=O)[nH]c(=O)n1Cc1ccccc1. The van der Waals surface area contributed by atoms with Gasteiger partial charge < -0.3 is 19.8 Å². The molecule has 3 heterocycles. The molecule has 10 heteroatoms. The summed E-state index contributed by atoms with van der Waals surface area (Å²) in [4.78, 5) is 47.2. The lowest BCUT2D eigenvalue weighted by Gasteiger charge is -2.26. The van der Waals surface area contributed by atoms with Gasteiger partial charge in [-0.15, -0.1) is 0 Å². The third-order valence-corrected chi connectivity index (χ3v) is 6.27. The molecule has 1 saturated heterocycles. The molecular weight excluding hydrogens is 462 g/mol. The van der Waals surface area contributed by atoms with E-state index in [4.69, 9.17) is 14.9 Å². The summed E-state index contributed by atoms with van der Waals surface area (Å²) in [5.41, 5.74) is 7.17.